The number of aryl methyl sites for hydroxylation is 1. The van der Waals surface area contributed by atoms with Gasteiger partial charge in [0.2, 0.25) is 6.29 Å². The first kappa shape index (κ1) is 33.2. The SMILES string of the molecule is Cc1cc2cc(C(=O)O)cc(O[C@H]3O[C@H](CO)[C@@H](O)[C@H](O)[C@H]3O)c2c(O)c1C(=O)C[C@@H]1c2ccccc2[C@@H]2C[C@@H]1CC[C@H]2c1ccccc1. The molecule has 256 valence electrons. The molecule has 0 unspecified atom stereocenters. The standard InChI is InChI=1S/C39H40O10/c1-19-13-22-14-23(38(46)47)16-30(48-39-37(45)36(44)34(42)31(18-40)49-39)33(22)35(43)32(19)29(41)17-27-21-11-12-24(20-7-3-2-4-8-20)28(15-21)26-10-6-5-9-25(26)27/h2-10,13-14,16,21,24,27-28,31,34,36-37,39-40,42-45H,11-12,15,17-18H2,1H3,(H,46,47)/t21-,24-,27-,28+,31+,34+,36-,37+,39-/m0/s1. The molecule has 2 fully saturated rings. The van der Waals surface area contributed by atoms with Crippen LogP contribution in [0.4, 0.5) is 0 Å². The Morgan fingerprint density at radius 2 is 1.59 bits per heavy atom. The Morgan fingerprint density at radius 3 is 2.31 bits per heavy atom. The number of carbonyl (C=O) groups is 2. The Hall–Kier alpha value is -4.32. The van der Waals surface area contributed by atoms with E-state index in [0.29, 0.717) is 17.4 Å². The van der Waals surface area contributed by atoms with Gasteiger partial charge in [0.1, 0.15) is 35.9 Å². The van der Waals surface area contributed by atoms with Crippen molar-refractivity contribution in [2.24, 2.45) is 5.92 Å². The van der Waals surface area contributed by atoms with Crippen molar-refractivity contribution in [1.29, 1.82) is 0 Å². The molecule has 6 N–H and O–H groups in total. The first-order valence-electron chi connectivity index (χ1n) is 16.7. The number of fused-ring (bicyclic) bond motifs is 5. The van der Waals surface area contributed by atoms with Gasteiger partial charge in [-0.2, -0.15) is 0 Å². The average molecular weight is 669 g/mol. The molecule has 0 radical (unpaired) electrons. The minimum Gasteiger partial charge on any atom is -0.506 e. The number of rotatable bonds is 8. The van der Waals surface area contributed by atoms with Crippen molar-refractivity contribution in [2.75, 3.05) is 6.61 Å². The number of phenolic OH excluding ortho intramolecular Hbond substituents is 1. The number of aromatic carboxylic acids is 1. The lowest BCUT2D eigenvalue weighted by Crippen LogP contribution is -2.60. The number of ketones is 1. The Bertz CT molecular complexity index is 1890. The number of aliphatic hydroxyl groups is 4. The molecular weight excluding hydrogens is 628 g/mol. The molecule has 1 aliphatic heterocycles. The van der Waals surface area contributed by atoms with Crippen LogP contribution in [0.25, 0.3) is 10.8 Å². The summed E-state index contributed by atoms with van der Waals surface area (Å²) in [7, 11) is 0. The summed E-state index contributed by atoms with van der Waals surface area (Å²) in [6.07, 6.45) is -4.93. The number of carbonyl (C=O) groups excluding carboxylic acids is 1. The molecule has 4 aromatic carbocycles. The van der Waals surface area contributed by atoms with Gasteiger partial charge in [0.25, 0.3) is 0 Å². The fourth-order valence-corrected chi connectivity index (χ4v) is 8.51. The molecule has 1 saturated heterocycles. The Kier molecular flexibility index (Phi) is 8.93. The van der Waals surface area contributed by atoms with E-state index in [0.717, 1.165) is 30.9 Å². The van der Waals surface area contributed by atoms with Crippen LogP contribution in [0.5, 0.6) is 11.5 Å². The van der Waals surface area contributed by atoms with Crippen LogP contribution in [0.1, 0.15) is 86.4 Å². The lowest BCUT2D eigenvalue weighted by molar-refractivity contribution is -0.277. The summed E-state index contributed by atoms with van der Waals surface area (Å²) < 4.78 is 11.4. The molecule has 4 aromatic rings. The number of carboxylic acids is 1. The van der Waals surface area contributed by atoms with E-state index in [1.165, 1.54) is 17.2 Å². The highest BCUT2D eigenvalue weighted by Gasteiger charge is 2.46. The lowest BCUT2D eigenvalue weighted by atomic mass is 9.58. The zero-order valence-electron chi connectivity index (χ0n) is 27.0. The van der Waals surface area contributed by atoms with Crippen LogP contribution in [0.3, 0.4) is 0 Å². The normalized spacial score (nSPS) is 29.3. The van der Waals surface area contributed by atoms with Gasteiger partial charge in [0, 0.05) is 6.42 Å². The van der Waals surface area contributed by atoms with E-state index in [-0.39, 0.29) is 51.7 Å². The number of ether oxygens (including phenoxy) is 2. The maximum atomic E-state index is 14.3. The van der Waals surface area contributed by atoms with Crippen molar-refractivity contribution in [3.63, 3.8) is 0 Å². The maximum Gasteiger partial charge on any atom is 0.335 e. The Balaban J connectivity index is 1.24. The minimum atomic E-state index is -1.78. The number of phenols is 1. The number of benzene rings is 4. The largest absolute Gasteiger partial charge is 0.506 e. The van der Waals surface area contributed by atoms with Crippen molar-refractivity contribution >= 4 is 22.5 Å². The van der Waals surface area contributed by atoms with E-state index in [4.69, 9.17) is 9.47 Å². The smallest absolute Gasteiger partial charge is 0.335 e. The van der Waals surface area contributed by atoms with Crippen molar-refractivity contribution in [2.45, 2.75) is 81.1 Å². The molecule has 49 heavy (non-hydrogen) atoms. The fourth-order valence-electron chi connectivity index (χ4n) is 8.51. The highest BCUT2D eigenvalue weighted by atomic mass is 16.7. The van der Waals surface area contributed by atoms with Gasteiger partial charge in [-0.1, -0.05) is 60.7 Å². The summed E-state index contributed by atoms with van der Waals surface area (Å²) in [5, 5.41) is 62.7. The number of hydrogen-bond donors (Lipinski definition) is 6. The zero-order valence-corrected chi connectivity index (χ0v) is 27.0. The molecule has 0 spiro atoms. The van der Waals surface area contributed by atoms with Crippen molar-refractivity contribution in [3.05, 3.63) is 106 Å². The fraction of sp³-hybridized carbons (Fsp3) is 0.385. The maximum absolute atomic E-state index is 14.3. The highest BCUT2D eigenvalue weighted by Crippen LogP contribution is 2.56. The van der Waals surface area contributed by atoms with Gasteiger partial charge in [-0.25, -0.2) is 4.79 Å². The van der Waals surface area contributed by atoms with Gasteiger partial charge in [0.05, 0.1) is 23.1 Å². The second-order valence-corrected chi connectivity index (χ2v) is 13.7. The third-order valence-electron chi connectivity index (χ3n) is 10.9. The van der Waals surface area contributed by atoms with Gasteiger partial charge >= 0.3 is 5.97 Å². The molecular formula is C39H40O10. The molecule has 2 aliphatic carbocycles. The summed E-state index contributed by atoms with van der Waals surface area (Å²) in [4.78, 5) is 26.3. The van der Waals surface area contributed by atoms with E-state index in [9.17, 15) is 40.2 Å². The molecule has 0 amide bonds. The molecule has 2 bridgehead atoms. The van der Waals surface area contributed by atoms with E-state index >= 15 is 0 Å². The van der Waals surface area contributed by atoms with Gasteiger partial charge in [-0.3, -0.25) is 4.79 Å². The van der Waals surface area contributed by atoms with Crippen LogP contribution in [0.15, 0.2) is 72.8 Å². The van der Waals surface area contributed by atoms with Crippen LogP contribution in [0.2, 0.25) is 0 Å². The average Bonchev–Trinajstić information content (AvgIpc) is 3.10. The van der Waals surface area contributed by atoms with Gasteiger partial charge in [-0.05, 0) is 89.6 Å². The number of aliphatic hydroxyl groups excluding tert-OH is 4. The van der Waals surface area contributed by atoms with Crippen molar-refractivity contribution in [1.82, 2.24) is 0 Å². The predicted octanol–water partition coefficient (Wildman–Crippen LogP) is 4.77. The molecule has 0 aromatic heterocycles. The third-order valence-corrected chi connectivity index (χ3v) is 10.9. The third kappa shape index (κ3) is 5.87. The molecule has 1 heterocycles. The van der Waals surface area contributed by atoms with Crippen molar-refractivity contribution < 1.29 is 49.7 Å². The van der Waals surface area contributed by atoms with Crippen LogP contribution in [-0.4, -0.2) is 79.7 Å². The quantitative estimate of drug-likeness (QED) is 0.144. The Labute approximate surface area is 283 Å². The first-order chi connectivity index (χ1) is 23.6. The number of carboxylic acid groups (broad SMARTS) is 1. The summed E-state index contributed by atoms with van der Waals surface area (Å²) in [6, 6.07) is 23.1. The van der Waals surface area contributed by atoms with Gasteiger partial charge < -0.3 is 40.1 Å². The van der Waals surface area contributed by atoms with Crippen LogP contribution in [-0.2, 0) is 4.74 Å². The van der Waals surface area contributed by atoms with Gasteiger partial charge in [-0.15, -0.1) is 0 Å². The van der Waals surface area contributed by atoms with E-state index in [2.05, 4.69) is 42.5 Å². The highest BCUT2D eigenvalue weighted by molar-refractivity contribution is 6.09. The zero-order chi connectivity index (χ0) is 34.6. The van der Waals surface area contributed by atoms with Gasteiger partial charge in [0.15, 0.2) is 5.78 Å². The number of hydrogen-bond acceptors (Lipinski definition) is 9. The van der Waals surface area contributed by atoms with E-state index in [1.54, 1.807) is 13.0 Å². The van der Waals surface area contributed by atoms with E-state index in [1.807, 2.05) is 12.1 Å². The second-order valence-electron chi connectivity index (χ2n) is 13.7. The topological polar surface area (TPSA) is 174 Å². The molecule has 10 nitrogen and oxygen atoms in total. The van der Waals surface area contributed by atoms with Crippen LogP contribution < -0.4 is 4.74 Å². The summed E-state index contributed by atoms with van der Waals surface area (Å²) in [5.41, 5.74) is 4.12. The van der Waals surface area contributed by atoms with Crippen LogP contribution >= 0.6 is 0 Å². The number of Topliss-reactive ketones (excluding diaryl/α,β-unsaturated/α-hetero) is 1. The predicted molar refractivity (Wildman–Crippen MR) is 179 cm³/mol. The molecule has 3 aliphatic rings. The molecule has 10 heteroatoms. The molecule has 1 saturated carbocycles. The first-order valence-corrected chi connectivity index (χ1v) is 16.7. The monoisotopic (exact) mass is 668 g/mol. The van der Waals surface area contributed by atoms with Crippen molar-refractivity contribution in [3.8, 4) is 11.5 Å². The second kappa shape index (κ2) is 13.2. The van der Waals surface area contributed by atoms with Crippen LogP contribution in [0, 0.1) is 12.8 Å². The lowest BCUT2D eigenvalue weighted by Gasteiger charge is -2.46. The van der Waals surface area contributed by atoms with E-state index < -0.39 is 49.0 Å². The minimum absolute atomic E-state index is 0.0309. The molecule has 7 rings (SSSR count). The Morgan fingerprint density at radius 1 is 0.878 bits per heavy atom. The summed E-state index contributed by atoms with van der Waals surface area (Å²) in [6.45, 7) is 0.997. The molecule has 9 atom stereocenters. The summed E-state index contributed by atoms with van der Waals surface area (Å²) >= 11 is 0. The number of aromatic hydroxyl groups is 1. The summed E-state index contributed by atoms with van der Waals surface area (Å²) in [5.74, 6) is -1.16.